The summed E-state index contributed by atoms with van der Waals surface area (Å²) in [6, 6.07) is 0. The van der Waals surface area contributed by atoms with E-state index in [1.54, 1.807) is 0 Å². The Hall–Kier alpha value is -2.60. The van der Waals surface area contributed by atoms with Crippen molar-refractivity contribution < 1.29 is 53.1 Å². The number of unbranched alkanes of at least 4 members (excludes halogenated alkanes) is 2. The van der Waals surface area contributed by atoms with Crippen LogP contribution in [0.1, 0.15) is 112 Å². The van der Waals surface area contributed by atoms with Crippen molar-refractivity contribution >= 4 is 11.9 Å². The van der Waals surface area contributed by atoms with Gasteiger partial charge >= 0.3 is 11.9 Å². The van der Waals surface area contributed by atoms with Gasteiger partial charge in [-0.05, 0) is 32.1 Å². The lowest BCUT2D eigenvalue weighted by Crippen LogP contribution is -2.62. The van der Waals surface area contributed by atoms with Gasteiger partial charge in [0.15, 0.2) is 18.3 Å². The minimum Gasteiger partial charge on any atom is -0.463 e. The van der Waals surface area contributed by atoms with Gasteiger partial charge in [-0.1, -0.05) is 67.2 Å². The Morgan fingerprint density at radius 2 is 1.07 bits per heavy atom. The molecule has 11 heteroatoms. The summed E-state index contributed by atoms with van der Waals surface area (Å²) < 4.78 is 17.5. The molecule has 0 radical (unpaired) electrons. The van der Waals surface area contributed by atoms with Gasteiger partial charge in [0.25, 0.3) is 0 Å². The summed E-state index contributed by atoms with van der Waals surface area (Å²) in [5.74, 6) is 0.158. The quantitative estimate of drug-likeness (QED) is 0.0490. The Bertz CT molecular complexity index is 828. The molecular weight excluding hydrogens is 548 g/mol. The Labute approximate surface area is 251 Å². The zero-order valence-electron chi connectivity index (χ0n) is 26.2. The topological polar surface area (TPSA) is 117 Å². The smallest absolute Gasteiger partial charge is 0.306 e. The van der Waals surface area contributed by atoms with Crippen LogP contribution >= 0.6 is 0 Å². The van der Waals surface area contributed by atoms with E-state index in [0.717, 1.165) is 32.1 Å². The second-order valence-electron chi connectivity index (χ2n) is 10.2. The van der Waals surface area contributed by atoms with Crippen LogP contribution in [0, 0.1) is 0 Å². The fraction of sp³-hybridized carbons (Fsp3) is 0.742. The minimum absolute atomic E-state index is 0.168. The zero-order valence-corrected chi connectivity index (χ0v) is 26.2. The number of carbonyl (C=O) groups excluding carboxylic acids is 2. The summed E-state index contributed by atoms with van der Waals surface area (Å²) in [5.41, 5.74) is 0. The van der Waals surface area contributed by atoms with Crippen LogP contribution in [0.4, 0.5) is 0 Å². The summed E-state index contributed by atoms with van der Waals surface area (Å²) >= 11 is 0. The highest BCUT2D eigenvalue weighted by Gasteiger charge is 2.54. The van der Waals surface area contributed by atoms with Crippen molar-refractivity contribution in [3.63, 3.8) is 0 Å². The lowest BCUT2D eigenvalue weighted by Gasteiger charge is -2.42. The van der Waals surface area contributed by atoms with E-state index >= 15 is 0 Å². The Morgan fingerprint density at radius 3 is 1.57 bits per heavy atom. The van der Waals surface area contributed by atoms with Gasteiger partial charge in [-0.15, -0.1) is 0 Å². The molecule has 0 amide bonds. The average Bonchev–Trinajstić information content (AvgIpc) is 2.96. The number of carbonyl (C=O) groups is 2. The van der Waals surface area contributed by atoms with Crippen molar-refractivity contribution in [1.82, 2.24) is 0 Å². The molecule has 1 fully saturated rings. The first-order chi connectivity index (χ1) is 20.2. The van der Waals surface area contributed by atoms with E-state index in [1.807, 2.05) is 34.6 Å². The molecule has 0 saturated carbocycles. The van der Waals surface area contributed by atoms with Gasteiger partial charge in [-0.25, -0.2) is 0 Å². The molecule has 0 aliphatic carbocycles. The van der Waals surface area contributed by atoms with Crippen molar-refractivity contribution in [2.75, 3.05) is 6.61 Å². The predicted octanol–water partition coefficient (Wildman–Crippen LogP) is 7.07. The molecule has 1 heterocycles. The van der Waals surface area contributed by atoms with Crippen LogP contribution in [0.5, 0.6) is 0 Å². The third kappa shape index (κ3) is 14.5. The molecule has 1 aliphatic heterocycles. The van der Waals surface area contributed by atoms with Crippen LogP contribution < -0.4 is 0 Å². The van der Waals surface area contributed by atoms with Gasteiger partial charge in [0.2, 0.25) is 6.29 Å². The van der Waals surface area contributed by atoms with Crippen molar-refractivity contribution in [1.29, 1.82) is 0 Å². The molecule has 11 nitrogen and oxygen atoms in total. The largest absolute Gasteiger partial charge is 0.463 e. The molecule has 42 heavy (non-hydrogen) atoms. The predicted molar refractivity (Wildman–Crippen MR) is 155 cm³/mol. The normalized spacial score (nSPS) is 21.7. The van der Waals surface area contributed by atoms with Crippen LogP contribution in [0.3, 0.4) is 0 Å². The molecule has 1 saturated heterocycles. The molecule has 5 unspecified atom stereocenters. The maximum Gasteiger partial charge on any atom is 0.306 e. The Morgan fingerprint density at radius 1 is 0.595 bits per heavy atom. The minimum atomic E-state index is -1.30. The van der Waals surface area contributed by atoms with Gasteiger partial charge in [-0.2, -0.15) is 14.7 Å². The number of hydrogen-bond acceptors (Lipinski definition) is 11. The lowest BCUT2D eigenvalue weighted by molar-refractivity contribution is -0.473. The molecule has 0 N–H and O–H groups in total. The first kappa shape index (κ1) is 37.4. The molecule has 242 valence electrons. The molecule has 1 aliphatic rings. The third-order valence-corrected chi connectivity index (χ3v) is 6.14. The SMILES string of the molecule is C=C(CCC)OOC1OC(COC(=O)CCCC)C(OC(=O)CCCC)C(OOC(=C)CCC)C1OOC(=C)CCC. The van der Waals surface area contributed by atoms with Crippen molar-refractivity contribution in [2.45, 2.75) is 142 Å². The molecule has 1 rings (SSSR count). The fourth-order valence-electron chi connectivity index (χ4n) is 3.87. The van der Waals surface area contributed by atoms with Crippen LogP contribution in [-0.2, 0) is 53.1 Å². The first-order valence-electron chi connectivity index (χ1n) is 15.2. The molecule has 5 atom stereocenters. The van der Waals surface area contributed by atoms with E-state index in [9.17, 15) is 9.59 Å². The second kappa shape index (κ2) is 22.0. The third-order valence-electron chi connectivity index (χ3n) is 6.14. The summed E-state index contributed by atoms with van der Waals surface area (Å²) in [6.45, 7) is 21.2. The molecule has 0 bridgehead atoms. The van der Waals surface area contributed by atoms with E-state index in [4.69, 9.17) is 43.5 Å². The maximum atomic E-state index is 12.9. The van der Waals surface area contributed by atoms with Gasteiger partial charge in [0.05, 0.1) is 0 Å². The van der Waals surface area contributed by atoms with Gasteiger partial charge in [0.1, 0.15) is 30.0 Å². The maximum absolute atomic E-state index is 12.9. The van der Waals surface area contributed by atoms with Gasteiger partial charge in [-0.3, -0.25) is 9.59 Å². The van der Waals surface area contributed by atoms with E-state index in [0.29, 0.717) is 49.4 Å². The van der Waals surface area contributed by atoms with Crippen LogP contribution in [-0.4, -0.2) is 49.3 Å². The number of allylic oxidation sites excluding steroid dienone is 3. The summed E-state index contributed by atoms with van der Waals surface area (Å²) in [5, 5.41) is 0. The zero-order chi connectivity index (χ0) is 31.3. The summed E-state index contributed by atoms with van der Waals surface area (Å²) in [7, 11) is 0. The van der Waals surface area contributed by atoms with Crippen LogP contribution in [0.2, 0.25) is 0 Å². The summed E-state index contributed by atoms with van der Waals surface area (Å²) in [4.78, 5) is 58.8. The van der Waals surface area contributed by atoms with E-state index in [2.05, 4.69) is 19.7 Å². The molecule has 0 aromatic rings. The molecule has 0 spiro atoms. The summed E-state index contributed by atoms with van der Waals surface area (Å²) in [6.07, 6.45) is 1.38. The Kier molecular flexibility index (Phi) is 19.6. The molecule has 0 aromatic heterocycles. The highest BCUT2D eigenvalue weighted by atomic mass is 17.3. The van der Waals surface area contributed by atoms with Gasteiger partial charge < -0.3 is 28.9 Å². The fourth-order valence-corrected chi connectivity index (χ4v) is 3.87. The number of esters is 2. The lowest BCUT2D eigenvalue weighted by atomic mass is 9.98. The van der Waals surface area contributed by atoms with Crippen molar-refractivity contribution in [2.24, 2.45) is 0 Å². The monoisotopic (exact) mass is 600 g/mol. The van der Waals surface area contributed by atoms with E-state index in [-0.39, 0.29) is 19.4 Å². The standard InChI is InChI=1S/C31H52O11/c1-9-14-19-26(32)34-21-25-28(36-27(33)20-15-10-2)29(40-37-22(6)16-11-3)30(41-38-23(7)17-12-4)31(35-25)42-39-24(8)18-13-5/h25,28-31H,6-21H2,1-5H3. The highest BCUT2D eigenvalue weighted by Crippen LogP contribution is 2.32. The van der Waals surface area contributed by atoms with Crippen LogP contribution in [0.25, 0.3) is 0 Å². The Balaban J connectivity index is 3.41. The number of ether oxygens (including phenoxy) is 3. The first-order valence-corrected chi connectivity index (χ1v) is 15.2. The highest BCUT2D eigenvalue weighted by molar-refractivity contribution is 5.70. The molecular formula is C31H52O11. The van der Waals surface area contributed by atoms with E-state index in [1.165, 1.54) is 0 Å². The molecule has 0 aromatic carbocycles. The van der Waals surface area contributed by atoms with Crippen LogP contribution in [0.15, 0.2) is 37.0 Å². The van der Waals surface area contributed by atoms with Gasteiger partial charge in [0, 0.05) is 32.1 Å². The van der Waals surface area contributed by atoms with Crippen molar-refractivity contribution in [3.05, 3.63) is 37.0 Å². The van der Waals surface area contributed by atoms with E-state index < -0.39 is 42.6 Å². The second-order valence-corrected chi connectivity index (χ2v) is 10.2. The average molecular weight is 601 g/mol. The van der Waals surface area contributed by atoms with Crippen molar-refractivity contribution in [3.8, 4) is 0 Å². The number of hydrogen-bond donors (Lipinski definition) is 0. The number of rotatable bonds is 24.